The van der Waals surface area contributed by atoms with Crippen LogP contribution in [0.25, 0.3) is 0 Å². The Labute approximate surface area is 75.2 Å². The zero-order chi connectivity index (χ0) is 8.43. The van der Waals surface area contributed by atoms with Gasteiger partial charge in [0, 0.05) is 0 Å². The van der Waals surface area contributed by atoms with Crippen molar-refractivity contribution in [3.63, 3.8) is 0 Å². The predicted octanol–water partition coefficient (Wildman–Crippen LogP) is 3.49. The first-order valence-electron chi connectivity index (χ1n) is 4.57. The fraction of sp³-hybridized carbons (Fsp3) is 0.800. The van der Waals surface area contributed by atoms with E-state index in [4.69, 9.17) is 0 Å². The molecule has 0 fully saturated rings. The van der Waals surface area contributed by atoms with Crippen LogP contribution in [0.3, 0.4) is 0 Å². The summed E-state index contributed by atoms with van der Waals surface area (Å²) in [6.07, 6.45) is 5.37. The number of allylic oxidation sites excluding steroid dienone is 2. The van der Waals surface area contributed by atoms with E-state index in [0.717, 1.165) is 10.7 Å². The molecule has 1 aliphatic rings. The Balaban J connectivity index is 2.61. The summed E-state index contributed by atoms with van der Waals surface area (Å²) in [5.41, 5.74) is 1.64. The summed E-state index contributed by atoms with van der Waals surface area (Å²) in [5, 5.41) is 0. The van der Waals surface area contributed by atoms with Gasteiger partial charge in [-0.05, 0) is 0 Å². The SMILES string of the molecule is CC1=C[C@H]([Ge]([CH3])[CH3])C[C@H](C)C1. The summed E-state index contributed by atoms with van der Waals surface area (Å²) in [4.78, 5) is 0. The Morgan fingerprint density at radius 1 is 1.45 bits per heavy atom. The van der Waals surface area contributed by atoms with Crippen LogP contribution in [0.15, 0.2) is 11.6 Å². The minimum absolute atomic E-state index is 0.652. The van der Waals surface area contributed by atoms with Gasteiger partial charge in [-0.25, -0.2) is 0 Å². The van der Waals surface area contributed by atoms with Crippen molar-refractivity contribution in [1.82, 2.24) is 0 Å². The van der Waals surface area contributed by atoms with Crippen molar-refractivity contribution in [3.05, 3.63) is 11.6 Å². The van der Waals surface area contributed by atoms with Crippen LogP contribution >= 0.6 is 0 Å². The molecule has 0 amide bonds. The van der Waals surface area contributed by atoms with E-state index < -0.39 is 14.3 Å². The van der Waals surface area contributed by atoms with Crippen LogP contribution in [0.4, 0.5) is 0 Å². The molecule has 0 bridgehead atoms. The molecule has 1 radical (unpaired) electrons. The van der Waals surface area contributed by atoms with Crippen molar-refractivity contribution in [3.8, 4) is 0 Å². The van der Waals surface area contributed by atoms with E-state index in [9.17, 15) is 0 Å². The number of hydrogen-bond donors (Lipinski definition) is 0. The normalized spacial score (nSPS) is 32.3. The molecule has 0 spiro atoms. The monoisotopic (exact) mass is 213 g/mol. The fourth-order valence-electron chi connectivity index (χ4n) is 1.95. The Kier molecular flexibility index (Phi) is 3.23. The Morgan fingerprint density at radius 3 is 2.55 bits per heavy atom. The van der Waals surface area contributed by atoms with Gasteiger partial charge in [0.25, 0.3) is 0 Å². The first-order chi connectivity index (χ1) is 5.09. The molecule has 0 nitrogen and oxygen atoms in total. The molecule has 1 heteroatoms. The summed E-state index contributed by atoms with van der Waals surface area (Å²) >= 11 is -0.652. The standard InChI is InChI=1S/C10H19Ge/c1-8-5-9(2)7-10(6-8)11(3)4/h6,9-10H,5,7H2,1-4H3/t9-,10+/m1/s1. The van der Waals surface area contributed by atoms with Gasteiger partial charge in [0.2, 0.25) is 0 Å². The van der Waals surface area contributed by atoms with E-state index in [1.807, 2.05) is 0 Å². The van der Waals surface area contributed by atoms with Crippen molar-refractivity contribution in [1.29, 1.82) is 0 Å². The van der Waals surface area contributed by atoms with Crippen LogP contribution in [0, 0.1) is 5.92 Å². The molecule has 0 N–H and O–H groups in total. The van der Waals surface area contributed by atoms with Gasteiger partial charge >= 0.3 is 74.9 Å². The van der Waals surface area contributed by atoms with E-state index in [2.05, 4.69) is 31.4 Å². The molecular formula is C10H19Ge. The van der Waals surface area contributed by atoms with Crippen LogP contribution in [-0.2, 0) is 0 Å². The molecule has 2 atom stereocenters. The molecule has 0 unspecified atom stereocenters. The third kappa shape index (κ3) is 2.66. The molecule has 0 saturated heterocycles. The fourth-order valence-corrected chi connectivity index (χ4v) is 5.08. The molecule has 0 aromatic carbocycles. The molecule has 0 heterocycles. The van der Waals surface area contributed by atoms with E-state index in [1.165, 1.54) is 12.8 Å². The third-order valence-electron chi connectivity index (χ3n) is 2.55. The first kappa shape index (κ1) is 9.37. The van der Waals surface area contributed by atoms with Gasteiger partial charge in [-0.3, -0.25) is 0 Å². The summed E-state index contributed by atoms with van der Waals surface area (Å²) in [6.45, 7) is 4.69. The second-order valence-electron chi connectivity index (χ2n) is 4.24. The van der Waals surface area contributed by atoms with Gasteiger partial charge in [0.05, 0.1) is 0 Å². The molecule has 0 aromatic heterocycles. The molecule has 1 aliphatic carbocycles. The summed E-state index contributed by atoms with van der Waals surface area (Å²) < 4.78 is 1.01. The summed E-state index contributed by atoms with van der Waals surface area (Å²) in [7, 11) is 0. The summed E-state index contributed by atoms with van der Waals surface area (Å²) in [6, 6.07) is 0. The predicted molar refractivity (Wildman–Crippen MR) is 53.4 cm³/mol. The molecule has 0 aliphatic heterocycles. The molecule has 0 saturated carbocycles. The van der Waals surface area contributed by atoms with Crippen molar-refractivity contribution < 1.29 is 0 Å². The van der Waals surface area contributed by atoms with Gasteiger partial charge in [0.15, 0.2) is 0 Å². The topological polar surface area (TPSA) is 0 Å². The van der Waals surface area contributed by atoms with E-state index >= 15 is 0 Å². The maximum atomic E-state index is 2.55. The van der Waals surface area contributed by atoms with Crippen LogP contribution in [0.5, 0.6) is 0 Å². The van der Waals surface area contributed by atoms with Gasteiger partial charge in [0.1, 0.15) is 0 Å². The van der Waals surface area contributed by atoms with Gasteiger partial charge in [-0.1, -0.05) is 0 Å². The van der Waals surface area contributed by atoms with Crippen LogP contribution in [0.2, 0.25) is 16.3 Å². The zero-order valence-electron chi connectivity index (χ0n) is 8.15. The van der Waals surface area contributed by atoms with E-state index in [0.29, 0.717) is 0 Å². The Morgan fingerprint density at radius 2 is 2.09 bits per heavy atom. The quantitative estimate of drug-likeness (QED) is 0.460. The van der Waals surface area contributed by atoms with Crippen molar-refractivity contribution in [2.45, 2.75) is 43.0 Å². The zero-order valence-corrected chi connectivity index (χ0v) is 10.2. The summed E-state index contributed by atoms with van der Waals surface area (Å²) in [5.74, 6) is 5.94. The van der Waals surface area contributed by atoms with Crippen molar-refractivity contribution >= 4 is 14.3 Å². The molecule has 11 heavy (non-hydrogen) atoms. The maximum absolute atomic E-state index is 2.55. The van der Waals surface area contributed by atoms with E-state index in [-0.39, 0.29) is 0 Å². The average Bonchev–Trinajstić information content (AvgIpc) is 1.85. The Hall–Kier alpha value is 0.283. The van der Waals surface area contributed by atoms with Gasteiger partial charge < -0.3 is 0 Å². The second kappa shape index (κ2) is 3.79. The minimum atomic E-state index is -0.652. The molecular weight excluding hydrogens is 193 g/mol. The van der Waals surface area contributed by atoms with E-state index in [1.54, 1.807) is 5.57 Å². The molecule has 63 valence electrons. The van der Waals surface area contributed by atoms with Crippen molar-refractivity contribution in [2.24, 2.45) is 5.92 Å². The first-order valence-corrected chi connectivity index (χ1v) is 9.97. The number of hydrogen-bond acceptors (Lipinski definition) is 0. The van der Waals surface area contributed by atoms with Crippen LogP contribution in [-0.4, -0.2) is 14.3 Å². The third-order valence-corrected chi connectivity index (χ3v) is 6.51. The number of rotatable bonds is 1. The van der Waals surface area contributed by atoms with Crippen LogP contribution in [0.1, 0.15) is 26.7 Å². The van der Waals surface area contributed by atoms with Crippen molar-refractivity contribution in [2.75, 3.05) is 0 Å². The van der Waals surface area contributed by atoms with Gasteiger partial charge in [-0.15, -0.1) is 0 Å². The molecule has 1 rings (SSSR count). The van der Waals surface area contributed by atoms with Crippen LogP contribution < -0.4 is 0 Å². The van der Waals surface area contributed by atoms with Gasteiger partial charge in [-0.2, -0.15) is 0 Å². The Bertz CT molecular complexity index is 158. The average molecular weight is 212 g/mol. The molecule has 0 aromatic rings. The second-order valence-corrected chi connectivity index (χ2v) is 10.3.